The van der Waals surface area contributed by atoms with Gasteiger partial charge in [-0.25, -0.2) is 4.79 Å². The molecule has 0 radical (unpaired) electrons. The minimum Gasteiger partial charge on any atom is -0.493 e. The fourth-order valence-electron chi connectivity index (χ4n) is 2.88. The highest BCUT2D eigenvalue weighted by atomic mass is 16.5. The number of carbonyl (C=O) groups is 1. The normalized spacial score (nSPS) is 10.7. The second-order valence-corrected chi connectivity index (χ2v) is 6.28. The maximum absolute atomic E-state index is 12.5. The van der Waals surface area contributed by atoms with Crippen molar-refractivity contribution in [3.63, 3.8) is 0 Å². The molecule has 3 rings (SSSR count). The van der Waals surface area contributed by atoms with Crippen LogP contribution in [0.25, 0.3) is 11.0 Å². The Bertz CT molecular complexity index is 1070. The van der Waals surface area contributed by atoms with Crippen molar-refractivity contribution in [2.45, 2.75) is 20.4 Å². The van der Waals surface area contributed by atoms with Gasteiger partial charge in [-0.1, -0.05) is 0 Å². The monoisotopic (exact) mass is 367 g/mol. The summed E-state index contributed by atoms with van der Waals surface area (Å²) in [4.78, 5) is 24.4. The van der Waals surface area contributed by atoms with Crippen LogP contribution in [0.3, 0.4) is 0 Å². The van der Waals surface area contributed by atoms with Crippen molar-refractivity contribution in [3.05, 3.63) is 69.1 Å². The molecule has 6 heteroatoms. The number of fused-ring (bicyclic) bond motifs is 1. The molecule has 1 aromatic heterocycles. The van der Waals surface area contributed by atoms with E-state index in [1.807, 2.05) is 26.0 Å². The van der Waals surface area contributed by atoms with E-state index in [2.05, 4.69) is 5.32 Å². The van der Waals surface area contributed by atoms with Gasteiger partial charge >= 0.3 is 5.63 Å². The number of amides is 1. The molecule has 0 aliphatic carbocycles. The second-order valence-electron chi connectivity index (χ2n) is 6.28. The quantitative estimate of drug-likeness (QED) is 0.700. The van der Waals surface area contributed by atoms with Gasteiger partial charge in [0.1, 0.15) is 5.58 Å². The third-order valence-corrected chi connectivity index (χ3v) is 4.53. The number of rotatable bonds is 5. The first kappa shape index (κ1) is 18.5. The van der Waals surface area contributed by atoms with Gasteiger partial charge in [-0.3, -0.25) is 4.79 Å². The van der Waals surface area contributed by atoms with E-state index in [1.165, 1.54) is 20.3 Å². The lowest BCUT2D eigenvalue weighted by molar-refractivity contribution is 0.0950. The summed E-state index contributed by atoms with van der Waals surface area (Å²) >= 11 is 0. The Hall–Kier alpha value is -3.28. The van der Waals surface area contributed by atoms with E-state index in [9.17, 15) is 9.59 Å². The highest BCUT2D eigenvalue weighted by molar-refractivity contribution is 5.95. The maximum Gasteiger partial charge on any atom is 0.336 e. The Kier molecular flexibility index (Phi) is 5.16. The fraction of sp³-hybridized carbons (Fsp3) is 0.238. The molecule has 0 saturated heterocycles. The third kappa shape index (κ3) is 3.79. The first-order chi connectivity index (χ1) is 12.9. The molecule has 1 amide bonds. The van der Waals surface area contributed by atoms with Crippen LogP contribution in [0, 0.1) is 13.8 Å². The maximum atomic E-state index is 12.5. The largest absolute Gasteiger partial charge is 0.493 e. The van der Waals surface area contributed by atoms with Crippen LogP contribution < -0.4 is 20.4 Å². The van der Waals surface area contributed by atoms with E-state index in [-0.39, 0.29) is 12.5 Å². The van der Waals surface area contributed by atoms with Crippen molar-refractivity contribution in [2.24, 2.45) is 0 Å². The summed E-state index contributed by atoms with van der Waals surface area (Å²) in [5.74, 6) is 0.745. The van der Waals surface area contributed by atoms with Crippen LogP contribution in [0.5, 0.6) is 11.5 Å². The molecule has 0 atom stereocenters. The molecule has 0 fully saturated rings. The van der Waals surface area contributed by atoms with E-state index in [0.29, 0.717) is 28.2 Å². The Morgan fingerprint density at radius 1 is 1.00 bits per heavy atom. The standard InChI is InChI=1S/C21H21NO5/c1-12-7-16-15(10-20(23)27-18(16)8-13(12)2)11-22-21(24)14-5-6-17(25-3)19(9-14)26-4/h5-10H,11H2,1-4H3,(H,22,24). The molecule has 3 aromatic rings. The highest BCUT2D eigenvalue weighted by Gasteiger charge is 2.13. The number of methoxy groups -OCH3 is 2. The summed E-state index contributed by atoms with van der Waals surface area (Å²) in [7, 11) is 3.05. The summed E-state index contributed by atoms with van der Waals surface area (Å²) in [5, 5.41) is 3.65. The first-order valence-corrected chi connectivity index (χ1v) is 8.47. The molecular formula is C21H21NO5. The Morgan fingerprint density at radius 2 is 1.70 bits per heavy atom. The summed E-state index contributed by atoms with van der Waals surface area (Å²) in [6.07, 6.45) is 0. The number of benzene rings is 2. The van der Waals surface area contributed by atoms with Gasteiger partial charge in [0.25, 0.3) is 5.91 Å². The summed E-state index contributed by atoms with van der Waals surface area (Å²) in [5.41, 5.74) is 3.34. The highest BCUT2D eigenvalue weighted by Crippen LogP contribution is 2.27. The van der Waals surface area contributed by atoms with Crippen molar-refractivity contribution < 1.29 is 18.7 Å². The Labute approximate surface area is 156 Å². The summed E-state index contributed by atoms with van der Waals surface area (Å²) < 4.78 is 15.7. The van der Waals surface area contributed by atoms with Crippen LogP contribution in [0.1, 0.15) is 27.0 Å². The van der Waals surface area contributed by atoms with Gasteiger partial charge in [0.2, 0.25) is 0 Å². The van der Waals surface area contributed by atoms with Crippen molar-refractivity contribution in [3.8, 4) is 11.5 Å². The van der Waals surface area contributed by atoms with Crippen LogP contribution in [-0.2, 0) is 6.54 Å². The van der Waals surface area contributed by atoms with Crippen molar-refractivity contribution >= 4 is 16.9 Å². The van der Waals surface area contributed by atoms with Gasteiger partial charge in [-0.05, 0) is 60.9 Å². The summed E-state index contributed by atoms with van der Waals surface area (Å²) in [6, 6.07) is 10.1. The van der Waals surface area contributed by atoms with Gasteiger partial charge < -0.3 is 19.2 Å². The predicted octanol–water partition coefficient (Wildman–Crippen LogP) is 3.36. The van der Waals surface area contributed by atoms with Crippen LogP contribution in [0.15, 0.2) is 45.6 Å². The molecule has 2 aromatic carbocycles. The average molecular weight is 367 g/mol. The fourth-order valence-corrected chi connectivity index (χ4v) is 2.88. The SMILES string of the molecule is COc1ccc(C(=O)NCc2cc(=O)oc3cc(C)c(C)cc23)cc1OC. The van der Waals surface area contributed by atoms with Crippen molar-refractivity contribution in [1.82, 2.24) is 5.32 Å². The Morgan fingerprint density at radius 3 is 2.41 bits per heavy atom. The number of ether oxygens (including phenoxy) is 2. The zero-order valence-corrected chi connectivity index (χ0v) is 15.7. The van der Waals surface area contributed by atoms with E-state index < -0.39 is 5.63 Å². The first-order valence-electron chi connectivity index (χ1n) is 8.47. The molecule has 6 nitrogen and oxygen atoms in total. The van der Waals surface area contributed by atoms with Crippen LogP contribution >= 0.6 is 0 Å². The van der Waals surface area contributed by atoms with Crippen LogP contribution in [-0.4, -0.2) is 20.1 Å². The molecule has 0 unspecified atom stereocenters. The topological polar surface area (TPSA) is 77.8 Å². The molecule has 0 aliphatic rings. The number of nitrogens with one attached hydrogen (secondary N) is 1. The predicted molar refractivity (Wildman–Crippen MR) is 103 cm³/mol. The van der Waals surface area contributed by atoms with Crippen molar-refractivity contribution in [2.75, 3.05) is 14.2 Å². The van der Waals surface area contributed by atoms with Crippen molar-refractivity contribution in [1.29, 1.82) is 0 Å². The lowest BCUT2D eigenvalue weighted by atomic mass is 10.0. The average Bonchev–Trinajstić information content (AvgIpc) is 2.66. The second kappa shape index (κ2) is 7.53. The zero-order valence-electron chi connectivity index (χ0n) is 15.7. The Balaban J connectivity index is 1.87. The molecule has 0 spiro atoms. The molecule has 1 heterocycles. The van der Waals surface area contributed by atoms with E-state index in [4.69, 9.17) is 13.9 Å². The molecule has 0 saturated carbocycles. The third-order valence-electron chi connectivity index (χ3n) is 4.53. The van der Waals surface area contributed by atoms with E-state index >= 15 is 0 Å². The van der Waals surface area contributed by atoms with Gasteiger partial charge in [0, 0.05) is 23.6 Å². The van der Waals surface area contributed by atoms with Gasteiger partial charge in [-0.15, -0.1) is 0 Å². The molecule has 27 heavy (non-hydrogen) atoms. The van der Waals surface area contributed by atoms with Crippen LogP contribution in [0.4, 0.5) is 0 Å². The lowest BCUT2D eigenvalue weighted by Crippen LogP contribution is -2.23. The number of carbonyl (C=O) groups excluding carboxylic acids is 1. The minimum absolute atomic E-state index is 0.206. The summed E-state index contributed by atoms with van der Waals surface area (Å²) in [6.45, 7) is 4.16. The molecule has 0 aliphatic heterocycles. The van der Waals surface area contributed by atoms with Gasteiger partial charge in [0.05, 0.1) is 14.2 Å². The van der Waals surface area contributed by atoms with E-state index in [0.717, 1.165) is 16.5 Å². The lowest BCUT2D eigenvalue weighted by Gasteiger charge is -2.11. The number of hydrogen-bond donors (Lipinski definition) is 1. The number of aryl methyl sites for hydroxylation is 2. The molecule has 0 bridgehead atoms. The van der Waals surface area contributed by atoms with Gasteiger partial charge in [0.15, 0.2) is 11.5 Å². The molecule has 140 valence electrons. The van der Waals surface area contributed by atoms with Crippen LogP contribution in [0.2, 0.25) is 0 Å². The van der Waals surface area contributed by atoms with Gasteiger partial charge in [-0.2, -0.15) is 0 Å². The minimum atomic E-state index is -0.443. The molecule has 1 N–H and O–H groups in total. The zero-order chi connectivity index (χ0) is 19.6. The number of hydrogen-bond acceptors (Lipinski definition) is 5. The smallest absolute Gasteiger partial charge is 0.336 e. The molecular weight excluding hydrogens is 346 g/mol. The van der Waals surface area contributed by atoms with E-state index in [1.54, 1.807) is 18.2 Å².